The van der Waals surface area contributed by atoms with Gasteiger partial charge in [0.15, 0.2) is 0 Å². The van der Waals surface area contributed by atoms with Crippen LogP contribution in [0.2, 0.25) is 0 Å². The lowest BCUT2D eigenvalue weighted by Gasteiger charge is -2.05. The van der Waals surface area contributed by atoms with E-state index in [1.54, 1.807) is 0 Å². The molecule has 1 rings (SSSR count). The van der Waals surface area contributed by atoms with E-state index >= 15 is 0 Å². The first-order valence-corrected chi connectivity index (χ1v) is 3.72. The summed E-state index contributed by atoms with van der Waals surface area (Å²) in [4.78, 5) is 0. The quantitative estimate of drug-likeness (QED) is 0.471. The van der Waals surface area contributed by atoms with E-state index in [9.17, 15) is 0 Å². The van der Waals surface area contributed by atoms with Gasteiger partial charge in [-0.1, -0.05) is 0 Å². The van der Waals surface area contributed by atoms with Crippen LogP contribution in [0.15, 0.2) is 0 Å². The van der Waals surface area contributed by atoms with Gasteiger partial charge in [-0.3, -0.25) is 0 Å². The molecule has 1 aliphatic carbocycles. The van der Waals surface area contributed by atoms with Gasteiger partial charge in [0.05, 0.1) is 6.10 Å². The van der Waals surface area contributed by atoms with Crippen molar-refractivity contribution in [3.63, 3.8) is 0 Å². The Bertz CT molecular complexity index is 75.0. The van der Waals surface area contributed by atoms with Gasteiger partial charge >= 0.3 is 0 Å². The molecule has 1 saturated carbocycles. The molecule has 2 unspecified atom stereocenters. The van der Waals surface area contributed by atoms with Gasteiger partial charge in [0.2, 0.25) is 0 Å². The maximum atomic E-state index is 9.15. The van der Waals surface area contributed by atoms with Gasteiger partial charge in [-0.25, -0.2) is 0 Å². The van der Waals surface area contributed by atoms with Crippen LogP contribution >= 0.6 is 0 Å². The second kappa shape index (κ2) is 3.18. The van der Waals surface area contributed by atoms with Crippen LogP contribution in [-0.2, 0) is 0 Å². The van der Waals surface area contributed by atoms with Crippen molar-refractivity contribution in [1.29, 1.82) is 0 Å². The summed E-state index contributed by atoms with van der Waals surface area (Å²) >= 11 is 0. The fraction of sp³-hybridized carbons (Fsp3) is 1.00. The molecule has 54 valence electrons. The Kier molecular flexibility index (Phi) is 2.49. The second-order valence-electron chi connectivity index (χ2n) is 2.92. The molecule has 0 aromatic carbocycles. The second-order valence-corrected chi connectivity index (χ2v) is 2.92. The number of aliphatic hydroxyl groups is 1. The van der Waals surface area contributed by atoms with Gasteiger partial charge < -0.3 is 10.8 Å². The Labute approximate surface area is 56.1 Å². The molecule has 2 nitrogen and oxygen atoms in total. The van der Waals surface area contributed by atoms with Gasteiger partial charge in [-0.15, -0.1) is 0 Å². The van der Waals surface area contributed by atoms with Gasteiger partial charge in [-0.2, -0.15) is 0 Å². The number of rotatable bonds is 0. The van der Waals surface area contributed by atoms with Gasteiger partial charge in [-0.05, 0) is 32.1 Å². The Morgan fingerprint density at radius 2 is 1.89 bits per heavy atom. The standard InChI is InChI=1S/C7H15NO/c8-6-2-1-3-7(9)5-4-6/h6-7,9H,1-5,8H2. The van der Waals surface area contributed by atoms with Crippen LogP contribution < -0.4 is 5.73 Å². The highest BCUT2D eigenvalue weighted by molar-refractivity contribution is 4.70. The molecule has 1 fully saturated rings. The Hall–Kier alpha value is -0.0800. The van der Waals surface area contributed by atoms with E-state index in [-0.39, 0.29) is 6.10 Å². The van der Waals surface area contributed by atoms with Crippen molar-refractivity contribution < 1.29 is 5.11 Å². The summed E-state index contributed by atoms with van der Waals surface area (Å²) in [5.74, 6) is 0. The lowest BCUT2D eigenvalue weighted by molar-refractivity contribution is 0.157. The maximum absolute atomic E-state index is 9.15. The fourth-order valence-corrected chi connectivity index (χ4v) is 1.31. The minimum absolute atomic E-state index is 0.0708. The van der Waals surface area contributed by atoms with Crippen molar-refractivity contribution in [2.24, 2.45) is 5.73 Å². The molecule has 2 heteroatoms. The predicted molar refractivity (Wildman–Crippen MR) is 37.1 cm³/mol. The van der Waals surface area contributed by atoms with E-state index in [4.69, 9.17) is 10.8 Å². The molecule has 0 amide bonds. The van der Waals surface area contributed by atoms with Gasteiger partial charge in [0.25, 0.3) is 0 Å². The molecule has 0 saturated heterocycles. The largest absolute Gasteiger partial charge is 0.393 e. The Morgan fingerprint density at radius 1 is 1.11 bits per heavy atom. The summed E-state index contributed by atoms with van der Waals surface area (Å²) in [6.07, 6.45) is 4.98. The highest BCUT2D eigenvalue weighted by Crippen LogP contribution is 2.15. The summed E-state index contributed by atoms with van der Waals surface area (Å²) in [6, 6.07) is 0.349. The van der Waals surface area contributed by atoms with Crippen molar-refractivity contribution in [2.75, 3.05) is 0 Å². The zero-order valence-corrected chi connectivity index (χ0v) is 5.71. The lowest BCUT2D eigenvalue weighted by atomic mass is 10.1. The Balaban J connectivity index is 2.25. The zero-order valence-electron chi connectivity index (χ0n) is 5.71. The van der Waals surface area contributed by atoms with Gasteiger partial charge in [0, 0.05) is 6.04 Å². The van der Waals surface area contributed by atoms with E-state index in [2.05, 4.69) is 0 Å². The van der Waals surface area contributed by atoms with Crippen molar-refractivity contribution >= 4 is 0 Å². The minimum atomic E-state index is -0.0708. The Morgan fingerprint density at radius 3 is 2.67 bits per heavy atom. The van der Waals surface area contributed by atoms with Crippen LogP contribution in [0.25, 0.3) is 0 Å². The first kappa shape index (κ1) is 7.03. The lowest BCUT2D eigenvalue weighted by Crippen LogP contribution is -2.18. The third-order valence-electron chi connectivity index (χ3n) is 1.98. The van der Waals surface area contributed by atoms with Crippen molar-refractivity contribution in [1.82, 2.24) is 0 Å². The molecular weight excluding hydrogens is 114 g/mol. The first-order chi connectivity index (χ1) is 4.29. The number of hydrogen-bond donors (Lipinski definition) is 2. The number of hydrogen-bond acceptors (Lipinski definition) is 2. The van der Waals surface area contributed by atoms with E-state index in [1.165, 1.54) is 0 Å². The molecule has 1 aliphatic rings. The maximum Gasteiger partial charge on any atom is 0.0540 e. The molecule has 0 spiro atoms. The van der Waals surface area contributed by atoms with Crippen LogP contribution in [-0.4, -0.2) is 17.3 Å². The molecule has 0 aromatic rings. The monoisotopic (exact) mass is 129 g/mol. The summed E-state index contributed by atoms with van der Waals surface area (Å²) in [6.45, 7) is 0. The molecule has 9 heavy (non-hydrogen) atoms. The molecule has 0 radical (unpaired) electrons. The fourth-order valence-electron chi connectivity index (χ4n) is 1.31. The van der Waals surface area contributed by atoms with Crippen molar-refractivity contribution in [2.45, 2.75) is 44.2 Å². The minimum Gasteiger partial charge on any atom is -0.393 e. The van der Waals surface area contributed by atoms with E-state index in [0.29, 0.717) is 6.04 Å². The van der Waals surface area contributed by atoms with Crippen LogP contribution in [0.4, 0.5) is 0 Å². The molecule has 2 atom stereocenters. The van der Waals surface area contributed by atoms with E-state index in [0.717, 1.165) is 32.1 Å². The SMILES string of the molecule is NC1CCCC(O)CC1. The van der Waals surface area contributed by atoms with E-state index in [1.807, 2.05) is 0 Å². The summed E-state index contributed by atoms with van der Waals surface area (Å²) in [7, 11) is 0. The van der Waals surface area contributed by atoms with E-state index < -0.39 is 0 Å². The molecule has 0 aliphatic heterocycles. The van der Waals surface area contributed by atoms with Crippen LogP contribution in [0.1, 0.15) is 32.1 Å². The molecule has 0 aromatic heterocycles. The first-order valence-electron chi connectivity index (χ1n) is 3.72. The predicted octanol–water partition coefficient (Wildman–Crippen LogP) is 0.639. The van der Waals surface area contributed by atoms with Crippen LogP contribution in [0.3, 0.4) is 0 Å². The third-order valence-corrected chi connectivity index (χ3v) is 1.98. The average Bonchev–Trinajstić information content (AvgIpc) is 1.97. The normalized spacial score (nSPS) is 38.0. The highest BCUT2D eigenvalue weighted by atomic mass is 16.3. The topological polar surface area (TPSA) is 46.2 Å². The third kappa shape index (κ3) is 2.33. The summed E-state index contributed by atoms with van der Waals surface area (Å²) < 4.78 is 0. The molecular formula is C7H15NO. The van der Waals surface area contributed by atoms with Gasteiger partial charge in [0.1, 0.15) is 0 Å². The highest BCUT2D eigenvalue weighted by Gasteiger charge is 2.12. The summed E-state index contributed by atoms with van der Waals surface area (Å²) in [5.41, 5.74) is 5.69. The van der Waals surface area contributed by atoms with Crippen LogP contribution in [0.5, 0.6) is 0 Å². The molecule has 0 bridgehead atoms. The van der Waals surface area contributed by atoms with Crippen LogP contribution in [0, 0.1) is 0 Å². The molecule has 0 heterocycles. The molecule has 3 N–H and O–H groups in total. The zero-order chi connectivity index (χ0) is 6.69. The average molecular weight is 129 g/mol. The van der Waals surface area contributed by atoms with Crippen molar-refractivity contribution in [3.05, 3.63) is 0 Å². The number of nitrogens with two attached hydrogens (primary N) is 1. The number of aliphatic hydroxyl groups excluding tert-OH is 1. The summed E-state index contributed by atoms with van der Waals surface area (Å²) in [5, 5.41) is 9.15. The van der Waals surface area contributed by atoms with Crippen molar-refractivity contribution in [3.8, 4) is 0 Å². The smallest absolute Gasteiger partial charge is 0.0540 e.